The van der Waals surface area contributed by atoms with E-state index in [1.54, 1.807) is 109 Å². The molecular weight excluding hydrogens is 2170 g/mol. The lowest BCUT2D eigenvalue weighted by molar-refractivity contribution is -0.139. The SMILES string of the molecule is CCOC(=O)C1=C(CN2CC(F)(F)C[C@@H]2CCC(=O)O)NC(c2nccs2)=N[C@H]1c1ccc(Cl)cc1Cl.CCOC(=O)C1=C(CN2CC(F)(F)C[C@H]2CCC(=O)O)NC(c2nccs2)=N[C@H]1c1ccc(Cl)cc1Cl.COC(=O)C1=C(CN2CC(F)(F)C[C@@H]2CCC(=O)O)NC(c2nccs2)=N[C@H]1c1ccc(Cl)cc1Cl.COC(=O)C1=C(CN2CC(F)(F)C[C@H]2CCC(=O)O)NC(c2nccs2)=N[C@H]1c1ccc(Cl)cc1Cl. The predicted molar refractivity (Wildman–Crippen MR) is 537 cm³/mol. The first kappa shape index (κ1) is 113. The summed E-state index contributed by atoms with van der Waals surface area (Å²) >= 11 is 55.5. The number of hydrogen-bond acceptors (Lipinski definition) is 32. The van der Waals surface area contributed by atoms with E-state index in [-0.39, 0.29) is 133 Å². The number of aromatic nitrogens is 4. The standard InChI is InChI=1S/2C24H24Cl2F2N4O4S.2C23H22Cl2F2N4O4S/c2*1-2-36-23(35)19-17(11-32-12-24(27,28)10-14(32)4-6-18(33)34)30-21(22-29-7-8-37-22)31-20(19)15-5-3-13(25)9-16(15)26;2*1-35-22(34)18-16(10-31-11-23(26,27)9-13(31)3-5-17(32)33)29-20(21-28-6-7-36-21)30-19(18)14-4-2-12(24)8-15(14)25/h2*3,5,7-9,14,20H,2,4,6,10-12H2,1H3,(H,30,31)(H,33,34);2*2,4,6-8,13,19H,3,5,9-11H2,1H3,(H,29,30)(H,32,33)/t14-,20+;14-,20-;13-,19+;13-,19-/m1010/s1. The van der Waals surface area contributed by atoms with Crippen molar-refractivity contribution >= 4 is 209 Å². The van der Waals surface area contributed by atoms with Gasteiger partial charge in [0, 0.05) is 233 Å². The highest BCUT2D eigenvalue weighted by atomic mass is 35.5. The molecule has 8 aromatic rings. The number of rotatable bonds is 34. The lowest BCUT2D eigenvalue weighted by atomic mass is 9.95. The maximum Gasteiger partial charge on any atom is 0.338 e. The number of halogens is 16. The van der Waals surface area contributed by atoms with E-state index in [9.17, 15) is 73.5 Å². The van der Waals surface area contributed by atoms with Crippen LogP contribution in [0.5, 0.6) is 0 Å². The number of nitrogens with one attached hydrogen (secondary N) is 4. The number of esters is 4. The Kier molecular flexibility index (Phi) is 38.5. The van der Waals surface area contributed by atoms with Gasteiger partial charge >= 0.3 is 47.8 Å². The van der Waals surface area contributed by atoms with Crippen LogP contribution in [0.2, 0.25) is 40.2 Å². The van der Waals surface area contributed by atoms with Gasteiger partial charge in [0.25, 0.3) is 23.7 Å². The summed E-state index contributed by atoms with van der Waals surface area (Å²) in [6.07, 6.45) is 3.71. The fourth-order valence-corrected chi connectivity index (χ4v) is 22.2. The van der Waals surface area contributed by atoms with Crippen molar-refractivity contribution in [2.75, 3.05) is 79.8 Å². The van der Waals surface area contributed by atoms with Gasteiger partial charge in [-0.2, -0.15) is 0 Å². The first-order valence-electron chi connectivity index (χ1n) is 44.9. The molecule has 12 heterocycles. The summed E-state index contributed by atoms with van der Waals surface area (Å²) in [5.74, 6) is -17.6. The number of aliphatic imine (C=N–C) groups is 4. The molecule has 0 spiro atoms. The van der Waals surface area contributed by atoms with Crippen LogP contribution in [0.15, 0.2) is 184 Å². The van der Waals surface area contributed by atoms with E-state index in [0.717, 1.165) is 0 Å². The molecule has 8 N–H and O–H groups in total. The Balaban J connectivity index is 0.000000163. The lowest BCUT2D eigenvalue weighted by Crippen LogP contribution is -2.41. The summed E-state index contributed by atoms with van der Waals surface area (Å²) in [4.78, 5) is 139. The quantitative estimate of drug-likeness (QED) is 0.0105. The van der Waals surface area contributed by atoms with Crippen molar-refractivity contribution in [3.8, 4) is 0 Å². The third-order valence-electron chi connectivity index (χ3n) is 24.0. The number of alkyl halides is 8. The van der Waals surface area contributed by atoms with Gasteiger partial charge in [0.1, 0.15) is 24.2 Å². The number of carboxylic acid groups (broad SMARTS) is 4. The molecule has 16 rings (SSSR count). The number of thiazole rings is 4. The molecular formula is C94H92Cl8F8N16O16S4. The molecule has 0 bridgehead atoms. The molecule has 0 radical (unpaired) electrons. The highest BCUT2D eigenvalue weighted by Gasteiger charge is 2.52. The molecule has 4 saturated heterocycles. The van der Waals surface area contributed by atoms with Gasteiger partial charge in [-0.1, -0.05) is 117 Å². The second kappa shape index (κ2) is 49.8. The number of methoxy groups -OCH3 is 2. The van der Waals surface area contributed by atoms with E-state index in [1.165, 1.54) is 103 Å². The van der Waals surface area contributed by atoms with Gasteiger partial charge in [0.15, 0.2) is 43.4 Å². The number of amidine groups is 4. The molecule has 4 fully saturated rings. The smallest absolute Gasteiger partial charge is 0.338 e. The van der Waals surface area contributed by atoms with Crippen molar-refractivity contribution in [1.29, 1.82) is 0 Å². The summed E-state index contributed by atoms with van der Waals surface area (Å²) in [5.41, 5.74) is 3.60. The maximum absolute atomic E-state index is 14.5. The van der Waals surface area contributed by atoms with E-state index in [2.05, 4.69) is 41.2 Å². The number of aliphatic carboxylic acids is 4. The number of hydrogen-bond donors (Lipinski definition) is 8. The van der Waals surface area contributed by atoms with Gasteiger partial charge in [0.2, 0.25) is 0 Å². The fraction of sp³-hybridized carbons (Fsp3) is 0.404. The van der Waals surface area contributed by atoms with Crippen LogP contribution in [0.1, 0.15) is 157 Å². The second-order valence-electron chi connectivity index (χ2n) is 34.2. The number of benzene rings is 4. The van der Waals surface area contributed by atoms with Crippen molar-refractivity contribution in [2.24, 2.45) is 20.0 Å². The number of nitrogens with zero attached hydrogens (tertiary/aromatic N) is 12. The van der Waals surface area contributed by atoms with Crippen LogP contribution in [0.4, 0.5) is 35.1 Å². The Bertz CT molecular complexity index is 6060. The summed E-state index contributed by atoms with van der Waals surface area (Å²) < 4.78 is 136. The van der Waals surface area contributed by atoms with E-state index in [1.807, 2.05) is 0 Å². The Morgan fingerprint density at radius 1 is 0.356 bits per heavy atom. The topological polar surface area (TPSA) is 416 Å². The van der Waals surface area contributed by atoms with Gasteiger partial charge in [-0.05, 0) is 88.1 Å². The Hall–Kier alpha value is -10.4. The zero-order valence-electron chi connectivity index (χ0n) is 77.5. The first-order chi connectivity index (χ1) is 69.3. The third-order valence-corrected chi connectivity index (χ3v) is 29.4. The second-order valence-corrected chi connectivity index (χ2v) is 41.2. The number of likely N-dealkylation sites (tertiary alicyclic amines) is 4. The van der Waals surface area contributed by atoms with Gasteiger partial charge in [-0.3, -0.25) is 58.7 Å². The molecule has 0 aliphatic carbocycles. The molecule has 8 aliphatic heterocycles. The Morgan fingerprint density at radius 2 is 0.568 bits per heavy atom. The van der Waals surface area contributed by atoms with Crippen LogP contribution in [-0.2, 0) is 57.3 Å². The van der Waals surface area contributed by atoms with Crippen molar-refractivity contribution in [3.05, 3.63) is 247 Å². The third kappa shape index (κ3) is 29.2. The normalized spacial score (nSPS) is 21.6. The minimum Gasteiger partial charge on any atom is -0.481 e. The van der Waals surface area contributed by atoms with E-state index >= 15 is 0 Å². The largest absolute Gasteiger partial charge is 0.481 e. The molecule has 4 aromatic carbocycles. The van der Waals surface area contributed by atoms with Crippen LogP contribution in [0.25, 0.3) is 0 Å². The predicted octanol–water partition coefficient (Wildman–Crippen LogP) is 19.0. The number of carbonyl (C=O) groups is 8. The zero-order valence-corrected chi connectivity index (χ0v) is 86.8. The van der Waals surface area contributed by atoms with Crippen LogP contribution in [0.3, 0.4) is 0 Å². The van der Waals surface area contributed by atoms with Crippen LogP contribution in [-0.4, -0.2) is 259 Å². The lowest BCUT2D eigenvalue weighted by Gasteiger charge is -2.31. The van der Waals surface area contributed by atoms with Gasteiger partial charge < -0.3 is 60.6 Å². The molecule has 0 saturated carbocycles. The zero-order chi connectivity index (χ0) is 106. The fourth-order valence-electron chi connectivity index (χ4n) is 17.8. The Labute approximate surface area is 885 Å². The van der Waals surface area contributed by atoms with Gasteiger partial charge in [-0.25, -0.2) is 74.2 Å². The van der Waals surface area contributed by atoms with Gasteiger partial charge in [-0.15, -0.1) is 45.3 Å². The maximum atomic E-state index is 14.5. The minimum atomic E-state index is -2.99. The number of carbonyl (C=O) groups excluding carboxylic acids is 4. The number of carboxylic acids is 4. The van der Waals surface area contributed by atoms with E-state index in [4.69, 9.17) is 152 Å². The average Bonchev–Trinajstić information content (AvgIpc) is 1.43. The van der Waals surface area contributed by atoms with Crippen LogP contribution in [0, 0.1) is 0 Å². The van der Waals surface area contributed by atoms with Crippen molar-refractivity contribution in [1.82, 2.24) is 60.8 Å². The van der Waals surface area contributed by atoms with Crippen LogP contribution >= 0.6 is 138 Å². The van der Waals surface area contributed by atoms with Crippen LogP contribution < -0.4 is 21.3 Å². The molecule has 4 aromatic heterocycles. The molecule has 8 atom stereocenters. The molecule has 780 valence electrons. The molecule has 8 aliphatic rings. The number of ether oxygens (including phenoxy) is 4. The van der Waals surface area contributed by atoms with E-state index < -0.39 is 172 Å². The van der Waals surface area contributed by atoms with Crippen molar-refractivity contribution in [3.63, 3.8) is 0 Å². The van der Waals surface area contributed by atoms with Crippen molar-refractivity contribution in [2.45, 2.75) is 163 Å². The molecule has 0 unspecified atom stereocenters. The molecule has 52 heteroatoms. The highest BCUT2D eigenvalue weighted by molar-refractivity contribution is 7.12. The monoisotopic (exact) mass is 2260 g/mol. The summed E-state index contributed by atoms with van der Waals surface area (Å²) in [6, 6.07) is 12.7. The summed E-state index contributed by atoms with van der Waals surface area (Å²) in [6.45, 7) is 0.847. The first-order valence-corrected chi connectivity index (χ1v) is 51.4. The highest BCUT2D eigenvalue weighted by Crippen LogP contribution is 2.47. The van der Waals surface area contributed by atoms with Gasteiger partial charge in [0.05, 0.1) is 75.9 Å². The summed E-state index contributed by atoms with van der Waals surface area (Å²) in [5, 5.41) is 60.6. The minimum absolute atomic E-state index is 0.0473. The Morgan fingerprint density at radius 3 is 0.747 bits per heavy atom. The molecule has 146 heavy (non-hydrogen) atoms. The van der Waals surface area contributed by atoms with E-state index in [0.29, 0.717) is 109 Å². The van der Waals surface area contributed by atoms with Crippen molar-refractivity contribution < 1.29 is 113 Å². The summed E-state index contributed by atoms with van der Waals surface area (Å²) in [7, 11) is 2.43. The average molecular weight is 2270 g/mol. The molecule has 0 amide bonds. The molecule has 32 nitrogen and oxygen atoms in total.